The van der Waals surface area contributed by atoms with Crippen LogP contribution in [0.4, 0.5) is 0 Å². The van der Waals surface area contributed by atoms with E-state index in [4.69, 9.17) is 37.0 Å². The quantitative estimate of drug-likeness (QED) is 0.0222. The molecule has 0 aliphatic rings. The number of carbonyl (C=O) groups excluding carboxylic acids is 4. The third kappa shape index (κ3) is 55.7. The molecule has 0 aromatic rings. The van der Waals surface area contributed by atoms with Crippen molar-refractivity contribution < 1.29 is 80.2 Å². The van der Waals surface area contributed by atoms with Crippen LogP contribution in [0.2, 0.25) is 0 Å². The molecule has 0 amide bonds. The van der Waals surface area contributed by atoms with Gasteiger partial charge in [0, 0.05) is 25.7 Å². The number of esters is 4. The second-order valence-electron chi connectivity index (χ2n) is 23.2. The summed E-state index contributed by atoms with van der Waals surface area (Å²) in [6.07, 6.45) is 36.7. The Bertz CT molecular complexity index is 1600. The summed E-state index contributed by atoms with van der Waals surface area (Å²) in [5.74, 6) is -0.703. The predicted molar refractivity (Wildman–Crippen MR) is 321 cm³/mol. The van der Waals surface area contributed by atoms with Crippen LogP contribution in [0.1, 0.15) is 305 Å². The van der Waals surface area contributed by atoms with E-state index in [0.29, 0.717) is 31.6 Å². The second kappa shape index (κ2) is 54.7. The lowest BCUT2D eigenvalue weighted by molar-refractivity contribution is -0.161. The maximum Gasteiger partial charge on any atom is 0.472 e. The molecule has 3 N–H and O–H groups in total. The van der Waals surface area contributed by atoms with Gasteiger partial charge in [-0.15, -0.1) is 0 Å². The highest BCUT2D eigenvalue weighted by Crippen LogP contribution is 2.45. The van der Waals surface area contributed by atoms with Gasteiger partial charge >= 0.3 is 39.5 Å². The molecule has 0 radical (unpaired) electrons. The van der Waals surface area contributed by atoms with E-state index in [9.17, 15) is 43.2 Å². The maximum atomic E-state index is 13.0. The number of carbonyl (C=O) groups is 4. The minimum atomic E-state index is -4.94. The van der Waals surface area contributed by atoms with Crippen LogP contribution in [-0.4, -0.2) is 96.7 Å². The zero-order valence-corrected chi connectivity index (χ0v) is 53.9. The molecule has 0 bridgehead atoms. The number of unbranched alkanes of at least 4 members (excludes halogenated alkanes) is 30. The van der Waals surface area contributed by atoms with E-state index >= 15 is 0 Å². The van der Waals surface area contributed by atoms with Crippen molar-refractivity contribution in [1.29, 1.82) is 0 Å². The number of hydrogen-bond donors (Lipinski definition) is 3. The summed E-state index contributed by atoms with van der Waals surface area (Å²) in [5.41, 5.74) is 0. The number of phosphoric ester groups is 2. The van der Waals surface area contributed by atoms with E-state index in [1.165, 1.54) is 116 Å². The summed E-state index contributed by atoms with van der Waals surface area (Å²) in [7, 11) is -9.87. The fraction of sp³-hybridized carbons (Fsp3) is 0.935. The Kier molecular flexibility index (Phi) is 53.4. The standard InChI is InChI=1S/C62H120O17P2/c1-7-10-12-14-15-16-17-18-19-20-21-22-27-34-40-46-61(66)78-58(51-73-60(65)45-39-33-26-24-23-25-32-37-43-55(6)9-3)53-77-81(70,71)75-49-56(63)48-74-80(68,69)76-52-57(50-72-59(64)44-38-30-13-11-8-2)79-62(67)47-41-35-29-28-31-36-42-54(4)5/h54-58,63H,7-53H2,1-6H3,(H,68,69)(H,70,71)/t55?,56-,57+,58+/m0/s1. The first-order chi connectivity index (χ1) is 38.9. The number of ether oxygens (including phenoxy) is 4. The average Bonchev–Trinajstić information content (AvgIpc) is 3.43. The van der Waals surface area contributed by atoms with Gasteiger partial charge in [-0.05, 0) is 37.5 Å². The smallest absolute Gasteiger partial charge is 0.462 e. The average molecular weight is 1200 g/mol. The van der Waals surface area contributed by atoms with E-state index in [1.807, 2.05) is 0 Å². The fourth-order valence-electron chi connectivity index (χ4n) is 9.15. The van der Waals surface area contributed by atoms with Crippen LogP contribution >= 0.6 is 15.6 Å². The maximum absolute atomic E-state index is 13.0. The molecule has 0 saturated carbocycles. The molecule has 0 aromatic carbocycles. The highest BCUT2D eigenvalue weighted by Gasteiger charge is 2.30. The monoisotopic (exact) mass is 1200 g/mol. The van der Waals surface area contributed by atoms with E-state index < -0.39 is 97.5 Å². The van der Waals surface area contributed by atoms with Gasteiger partial charge in [0.25, 0.3) is 0 Å². The van der Waals surface area contributed by atoms with Crippen molar-refractivity contribution in [3.63, 3.8) is 0 Å². The predicted octanol–water partition coefficient (Wildman–Crippen LogP) is 16.9. The lowest BCUT2D eigenvalue weighted by Crippen LogP contribution is -2.30. The summed E-state index contributed by atoms with van der Waals surface area (Å²) in [6.45, 7) is 9.30. The molecule has 0 rings (SSSR count). The number of hydrogen-bond acceptors (Lipinski definition) is 15. The SMILES string of the molecule is CCCCCCCCCCCCCCCCCC(=O)O[C@H](COC(=O)CCCCCCCCCCC(C)CC)COP(=O)(O)OC[C@@H](O)COP(=O)(O)OC[C@@H](COC(=O)CCCCCCC)OC(=O)CCCCCCCCC(C)C. The van der Waals surface area contributed by atoms with Gasteiger partial charge in [-0.25, -0.2) is 9.13 Å². The topological polar surface area (TPSA) is 237 Å². The summed E-state index contributed by atoms with van der Waals surface area (Å²) in [5, 5.41) is 10.5. The van der Waals surface area contributed by atoms with Crippen molar-refractivity contribution >= 4 is 39.5 Å². The van der Waals surface area contributed by atoms with Crippen LogP contribution in [0.15, 0.2) is 0 Å². The van der Waals surface area contributed by atoms with Gasteiger partial charge in [0.2, 0.25) is 0 Å². The van der Waals surface area contributed by atoms with E-state index in [0.717, 1.165) is 102 Å². The molecule has 0 fully saturated rings. The van der Waals surface area contributed by atoms with Gasteiger partial charge in [0.15, 0.2) is 12.2 Å². The van der Waals surface area contributed by atoms with Gasteiger partial charge in [-0.2, -0.15) is 0 Å². The summed E-state index contributed by atoms with van der Waals surface area (Å²) in [6, 6.07) is 0. The van der Waals surface area contributed by atoms with Crippen LogP contribution < -0.4 is 0 Å². The lowest BCUT2D eigenvalue weighted by atomic mass is 9.99. The van der Waals surface area contributed by atoms with Crippen molar-refractivity contribution in [3.05, 3.63) is 0 Å². The number of aliphatic hydroxyl groups is 1. The Balaban J connectivity index is 5.18. The van der Waals surface area contributed by atoms with Crippen LogP contribution in [0, 0.1) is 11.8 Å². The molecule has 0 saturated heterocycles. The van der Waals surface area contributed by atoms with E-state index in [2.05, 4.69) is 41.5 Å². The van der Waals surface area contributed by atoms with E-state index in [1.54, 1.807) is 0 Å². The molecule has 3 unspecified atom stereocenters. The molecule has 17 nitrogen and oxygen atoms in total. The Morgan fingerprint density at radius 3 is 0.938 bits per heavy atom. The first-order valence-electron chi connectivity index (χ1n) is 32.5. The van der Waals surface area contributed by atoms with Gasteiger partial charge in [-0.3, -0.25) is 37.3 Å². The zero-order valence-electron chi connectivity index (χ0n) is 52.1. The van der Waals surface area contributed by atoms with Crippen LogP contribution in [0.3, 0.4) is 0 Å². The molecule has 6 atom stereocenters. The minimum absolute atomic E-state index is 0.101. The Hall–Kier alpha value is -1.94. The van der Waals surface area contributed by atoms with Crippen molar-refractivity contribution in [2.75, 3.05) is 39.6 Å². The number of aliphatic hydroxyl groups excluding tert-OH is 1. The Morgan fingerprint density at radius 2 is 0.630 bits per heavy atom. The third-order valence-electron chi connectivity index (χ3n) is 14.6. The number of phosphoric acid groups is 2. The molecule has 0 aliphatic heterocycles. The first-order valence-corrected chi connectivity index (χ1v) is 35.5. The summed E-state index contributed by atoms with van der Waals surface area (Å²) in [4.78, 5) is 71.9. The second-order valence-corrected chi connectivity index (χ2v) is 26.1. The largest absolute Gasteiger partial charge is 0.472 e. The third-order valence-corrected chi connectivity index (χ3v) is 16.5. The first kappa shape index (κ1) is 79.1. The van der Waals surface area contributed by atoms with Crippen LogP contribution in [-0.2, 0) is 65.4 Å². The van der Waals surface area contributed by atoms with E-state index in [-0.39, 0.29) is 25.7 Å². The summed E-state index contributed by atoms with van der Waals surface area (Å²) < 4.78 is 67.7. The van der Waals surface area contributed by atoms with Gasteiger partial charge in [-0.1, -0.05) is 253 Å². The van der Waals surface area contributed by atoms with Gasteiger partial charge in [0.1, 0.15) is 19.3 Å². The lowest BCUT2D eigenvalue weighted by Gasteiger charge is -2.21. The highest BCUT2D eigenvalue weighted by molar-refractivity contribution is 7.47. The van der Waals surface area contributed by atoms with Gasteiger partial charge in [0.05, 0.1) is 26.4 Å². The van der Waals surface area contributed by atoms with Crippen molar-refractivity contribution in [3.8, 4) is 0 Å². The normalized spacial score (nSPS) is 14.7. The number of rotatable bonds is 61. The molecular weight excluding hydrogens is 1080 g/mol. The van der Waals surface area contributed by atoms with Crippen molar-refractivity contribution in [2.45, 2.75) is 323 Å². The molecular formula is C62H120O17P2. The van der Waals surface area contributed by atoms with Gasteiger partial charge < -0.3 is 33.8 Å². The molecule has 480 valence electrons. The summed E-state index contributed by atoms with van der Waals surface area (Å²) >= 11 is 0. The van der Waals surface area contributed by atoms with Crippen LogP contribution in [0.5, 0.6) is 0 Å². The Morgan fingerprint density at radius 1 is 0.358 bits per heavy atom. The molecule has 81 heavy (non-hydrogen) atoms. The molecule has 19 heteroatoms. The Labute approximate surface area is 492 Å². The van der Waals surface area contributed by atoms with Crippen molar-refractivity contribution in [2.24, 2.45) is 11.8 Å². The fourth-order valence-corrected chi connectivity index (χ4v) is 10.7. The highest BCUT2D eigenvalue weighted by atomic mass is 31.2. The molecule has 0 heterocycles. The molecule has 0 aromatic heterocycles. The molecule has 0 spiro atoms. The van der Waals surface area contributed by atoms with Crippen LogP contribution in [0.25, 0.3) is 0 Å². The minimum Gasteiger partial charge on any atom is -0.462 e. The van der Waals surface area contributed by atoms with Crippen molar-refractivity contribution in [1.82, 2.24) is 0 Å². The molecule has 0 aliphatic carbocycles. The zero-order chi connectivity index (χ0) is 60.1.